The third kappa shape index (κ3) is 3.97. The first-order chi connectivity index (χ1) is 12.1. The topological polar surface area (TPSA) is 98.7 Å². The maximum Gasteiger partial charge on any atom is 0.253 e. The van der Waals surface area contributed by atoms with Crippen LogP contribution < -0.4 is 16.2 Å². The number of hydrogen-bond acceptors (Lipinski definition) is 4. The molecule has 1 atom stereocenters. The van der Waals surface area contributed by atoms with E-state index >= 15 is 0 Å². The Kier molecular flexibility index (Phi) is 5.00. The highest BCUT2D eigenvalue weighted by atomic mass is 16.5. The van der Waals surface area contributed by atoms with E-state index in [2.05, 4.69) is 0 Å². The predicted molar refractivity (Wildman–Crippen MR) is 94.5 cm³/mol. The molecule has 2 amide bonds. The van der Waals surface area contributed by atoms with Crippen LogP contribution in [0.25, 0.3) is 0 Å². The number of ether oxygens (including phenoxy) is 1. The Morgan fingerprint density at radius 1 is 1.00 bits per heavy atom. The standard InChI is InChI=1S/C19H21N3O3/c20-11-13-9-10-22(12-13)19(24)15-3-7-17(8-4-15)25-16-5-1-14(2-6-16)18(21)23/h1-8,13H,9-12,20H2,(H2,21,23). The second-order valence-corrected chi connectivity index (χ2v) is 6.16. The molecule has 1 heterocycles. The Hall–Kier alpha value is -2.86. The highest BCUT2D eigenvalue weighted by Gasteiger charge is 2.25. The van der Waals surface area contributed by atoms with E-state index in [0.29, 0.717) is 35.1 Å². The molecule has 2 aromatic carbocycles. The number of primary amides is 1. The zero-order chi connectivity index (χ0) is 17.8. The monoisotopic (exact) mass is 339 g/mol. The quantitative estimate of drug-likeness (QED) is 0.870. The summed E-state index contributed by atoms with van der Waals surface area (Å²) >= 11 is 0. The molecule has 0 spiro atoms. The Labute approximate surface area is 146 Å². The summed E-state index contributed by atoms with van der Waals surface area (Å²) < 4.78 is 5.71. The predicted octanol–water partition coefficient (Wildman–Crippen LogP) is 2.00. The van der Waals surface area contributed by atoms with Crippen molar-refractivity contribution in [1.82, 2.24) is 4.90 Å². The van der Waals surface area contributed by atoms with E-state index in [1.807, 2.05) is 4.90 Å². The summed E-state index contributed by atoms with van der Waals surface area (Å²) in [6.45, 7) is 2.09. The maximum absolute atomic E-state index is 12.5. The van der Waals surface area contributed by atoms with Crippen LogP contribution in [0.2, 0.25) is 0 Å². The number of nitrogens with zero attached hydrogens (tertiary/aromatic N) is 1. The molecule has 1 aliphatic heterocycles. The lowest BCUT2D eigenvalue weighted by molar-refractivity contribution is 0.0787. The Morgan fingerprint density at radius 2 is 1.56 bits per heavy atom. The van der Waals surface area contributed by atoms with Crippen molar-refractivity contribution in [1.29, 1.82) is 0 Å². The molecule has 6 heteroatoms. The molecule has 130 valence electrons. The molecule has 0 bridgehead atoms. The minimum absolute atomic E-state index is 0.0216. The van der Waals surface area contributed by atoms with Gasteiger partial charge in [-0.3, -0.25) is 9.59 Å². The van der Waals surface area contributed by atoms with Crippen molar-refractivity contribution < 1.29 is 14.3 Å². The van der Waals surface area contributed by atoms with Gasteiger partial charge in [-0.05, 0) is 67.4 Å². The average molecular weight is 339 g/mol. The van der Waals surface area contributed by atoms with Gasteiger partial charge in [0.05, 0.1) is 0 Å². The zero-order valence-corrected chi connectivity index (χ0v) is 13.9. The van der Waals surface area contributed by atoms with Gasteiger partial charge >= 0.3 is 0 Å². The average Bonchev–Trinajstić information content (AvgIpc) is 3.11. The maximum atomic E-state index is 12.5. The van der Waals surface area contributed by atoms with Crippen molar-refractivity contribution in [3.63, 3.8) is 0 Å². The molecule has 6 nitrogen and oxygen atoms in total. The first-order valence-electron chi connectivity index (χ1n) is 8.24. The molecule has 0 saturated carbocycles. The Balaban J connectivity index is 1.64. The van der Waals surface area contributed by atoms with Gasteiger partial charge < -0.3 is 21.1 Å². The molecule has 1 aliphatic rings. The van der Waals surface area contributed by atoms with E-state index in [-0.39, 0.29) is 5.91 Å². The molecular formula is C19H21N3O3. The number of rotatable bonds is 5. The molecule has 25 heavy (non-hydrogen) atoms. The van der Waals surface area contributed by atoms with Crippen LogP contribution in [0.4, 0.5) is 0 Å². The van der Waals surface area contributed by atoms with Crippen LogP contribution >= 0.6 is 0 Å². The second-order valence-electron chi connectivity index (χ2n) is 6.16. The van der Waals surface area contributed by atoms with Gasteiger partial charge in [-0.1, -0.05) is 0 Å². The summed E-state index contributed by atoms with van der Waals surface area (Å²) in [6.07, 6.45) is 0.963. The lowest BCUT2D eigenvalue weighted by Gasteiger charge is -2.16. The van der Waals surface area contributed by atoms with Gasteiger partial charge in [0, 0.05) is 24.2 Å². The van der Waals surface area contributed by atoms with E-state index in [1.165, 1.54) is 0 Å². The summed E-state index contributed by atoms with van der Waals surface area (Å²) in [5.41, 5.74) is 11.9. The highest BCUT2D eigenvalue weighted by molar-refractivity contribution is 5.94. The van der Waals surface area contributed by atoms with Crippen LogP contribution in [0.3, 0.4) is 0 Å². The van der Waals surface area contributed by atoms with Gasteiger partial charge in [0.15, 0.2) is 0 Å². The zero-order valence-electron chi connectivity index (χ0n) is 13.9. The number of carbonyl (C=O) groups is 2. The highest BCUT2D eigenvalue weighted by Crippen LogP contribution is 2.23. The van der Waals surface area contributed by atoms with Crippen LogP contribution in [-0.4, -0.2) is 36.3 Å². The van der Waals surface area contributed by atoms with Gasteiger partial charge in [-0.2, -0.15) is 0 Å². The molecule has 4 N–H and O–H groups in total. The summed E-state index contributed by atoms with van der Waals surface area (Å²) in [5.74, 6) is 1.15. The molecule has 1 unspecified atom stereocenters. The first kappa shape index (κ1) is 17.0. The first-order valence-corrected chi connectivity index (χ1v) is 8.24. The SMILES string of the molecule is NCC1CCN(C(=O)c2ccc(Oc3ccc(C(N)=O)cc3)cc2)C1. The minimum atomic E-state index is -0.479. The van der Waals surface area contributed by atoms with Crippen molar-refractivity contribution in [3.05, 3.63) is 59.7 Å². The second kappa shape index (κ2) is 7.36. The van der Waals surface area contributed by atoms with Crippen LogP contribution in [-0.2, 0) is 0 Å². The Morgan fingerprint density at radius 3 is 2.04 bits per heavy atom. The van der Waals surface area contributed by atoms with Crippen molar-refractivity contribution in [3.8, 4) is 11.5 Å². The summed E-state index contributed by atoms with van der Waals surface area (Å²) in [5, 5.41) is 0. The molecule has 0 radical (unpaired) electrons. The van der Waals surface area contributed by atoms with Crippen LogP contribution in [0.15, 0.2) is 48.5 Å². The third-order valence-corrected chi connectivity index (χ3v) is 4.38. The number of nitrogens with two attached hydrogens (primary N) is 2. The number of hydrogen-bond donors (Lipinski definition) is 2. The number of carbonyl (C=O) groups excluding carboxylic acids is 2. The van der Waals surface area contributed by atoms with Gasteiger partial charge in [-0.25, -0.2) is 0 Å². The van der Waals surface area contributed by atoms with Gasteiger partial charge in [0.25, 0.3) is 5.91 Å². The lowest BCUT2D eigenvalue weighted by Crippen LogP contribution is -2.29. The van der Waals surface area contributed by atoms with E-state index in [1.54, 1.807) is 48.5 Å². The van der Waals surface area contributed by atoms with Crippen LogP contribution in [0.5, 0.6) is 11.5 Å². The lowest BCUT2D eigenvalue weighted by atomic mass is 10.1. The molecular weight excluding hydrogens is 318 g/mol. The molecule has 0 aliphatic carbocycles. The molecule has 2 aromatic rings. The number of likely N-dealkylation sites (tertiary alicyclic amines) is 1. The fourth-order valence-electron chi connectivity index (χ4n) is 2.88. The van der Waals surface area contributed by atoms with E-state index in [4.69, 9.17) is 16.2 Å². The Bertz CT molecular complexity index is 756. The summed E-state index contributed by atoms with van der Waals surface area (Å²) in [7, 11) is 0. The van der Waals surface area contributed by atoms with E-state index in [9.17, 15) is 9.59 Å². The van der Waals surface area contributed by atoms with E-state index in [0.717, 1.165) is 19.5 Å². The molecule has 1 fully saturated rings. The van der Waals surface area contributed by atoms with E-state index < -0.39 is 5.91 Å². The van der Waals surface area contributed by atoms with Gasteiger partial charge in [-0.15, -0.1) is 0 Å². The van der Waals surface area contributed by atoms with Gasteiger partial charge in [0.2, 0.25) is 5.91 Å². The normalized spacial score (nSPS) is 16.7. The van der Waals surface area contributed by atoms with Crippen molar-refractivity contribution in [2.75, 3.05) is 19.6 Å². The fraction of sp³-hybridized carbons (Fsp3) is 0.263. The number of amides is 2. The molecule has 1 saturated heterocycles. The van der Waals surface area contributed by atoms with Crippen LogP contribution in [0.1, 0.15) is 27.1 Å². The smallest absolute Gasteiger partial charge is 0.253 e. The largest absolute Gasteiger partial charge is 0.457 e. The molecule has 3 rings (SSSR count). The summed E-state index contributed by atoms with van der Waals surface area (Å²) in [4.78, 5) is 25.4. The number of benzene rings is 2. The van der Waals surface area contributed by atoms with Gasteiger partial charge in [0.1, 0.15) is 11.5 Å². The minimum Gasteiger partial charge on any atom is -0.457 e. The van der Waals surface area contributed by atoms with Crippen molar-refractivity contribution in [2.45, 2.75) is 6.42 Å². The van der Waals surface area contributed by atoms with Crippen molar-refractivity contribution >= 4 is 11.8 Å². The summed E-state index contributed by atoms with van der Waals surface area (Å²) in [6, 6.07) is 13.6. The third-order valence-electron chi connectivity index (χ3n) is 4.38. The molecule has 0 aromatic heterocycles. The van der Waals surface area contributed by atoms with Crippen molar-refractivity contribution in [2.24, 2.45) is 17.4 Å². The fourth-order valence-corrected chi connectivity index (χ4v) is 2.88. The van der Waals surface area contributed by atoms with Crippen LogP contribution in [0, 0.1) is 5.92 Å².